The molecule has 2 rings (SSSR count). The highest BCUT2D eigenvalue weighted by atomic mass is 35.5. The van der Waals surface area contributed by atoms with Gasteiger partial charge in [0.2, 0.25) is 17.6 Å². The lowest BCUT2D eigenvalue weighted by molar-refractivity contribution is -0.148. The van der Waals surface area contributed by atoms with Gasteiger partial charge < -0.3 is 14.5 Å². The van der Waals surface area contributed by atoms with Gasteiger partial charge in [-0.15, -0.1) is 0 Å². The van der Waals surface area contributed by atoms with Crippen LogP contribution in [-0.2, 0) is 16.0 Å². The zero-order valence-electron chi connectivity index (χ0n) is 13.4. The van der Waals surface area contributed by atoms with E-state index in [2.05, 4.69) is 10.1 Å². The number of aromatic nitrogens is 2. The second-order valence-electron chi connectivity index (χ2n) is 5.39. The Labute approximate surface area is 144 Å². The van der Waals surface area contributed by atoms with Crippen LogP contribution in [0.1, 0.15) is 25.7 Å². The van der Waals surface area contributed by atoms with Crippen LogP contribution in [0.4, 0.5) is 0 Å². The molecule has 0 aliphatic heterocycles. The van der Waals surface area contributed by atoms with Crippen molar-refractivity contribution >= 4 is 23.5 Å². The number of rotatable bonds is 7. The van der Waals surface area contributed by atoms with E-state index in [1.807, 2.05) is 0 Å². The quantitative estimate of drug-likeness (QED) is 0.823. The van der Waals surface area contributed by atoms with Crippen molar-refractivity contribution in [3.8, 4) is 11.4 Å². The first-order chi connectivity index (χ1) is 11.4. The molecule has 0 aliphatic rings. The minimum atomic E-state index is -1.03. The van der Waals surface area contributed by atoms with Crippen molar-refractivity contribution in [3.63, 3.8) is 0 Å². The van der Waals surface area contributed by atoms with Crippen LogP contribution in [0.5, 0.6) is 0 Å². The molecule has 1 aromatic carbocycles. The highest BCUT2D eigenvalue weighted by Gasteiger charge is 2.21. The maximum Gasteiger partial charge on any atom is 0.326 e. The van der Waals surface area contributed by atoms with Gasteiger partial charge in [0.25, 0.3) is 0 Å². The molecule has 0 aliphatic carbocycles. The summed E-state index contributed by atoms with van der Waals surface area (Å²) in [6.45, 7) is 1.47. The molecule has 1 heterocycles. The van der Waals surface area contributed by atoms with E-state index in [9.17, 15) is 9.59 Å². The van der Waals surface area contributed by atoms with Gasteiger partial charge in [-0.05, 0) is 37.6 Å². The first-order valence-electron chi connectivity index (χ1n) is 7.45. The minimum Gasteiger partial charge on any atom is -0.480 e. The summed E-state index contributed by atoms with van der Waals surface area (Å²) in [7, 11) is 1.48. The molecule has 0 saturated heterocycles. The Morgan fingerprint density at radius 3 is 2.62 bits per heavy atom. The number of carbonyl (C=O) groups excluding carboxylic acids is 1. The lowest BCUT2D eigenvalue weighted by atomic mass is 10.2. The normalized spacial score (nSPS) is 12.0. The van der Waals surface area contributed by atoms with Gasteiger partial charge in [-0.1, -0.05) is 16.8 Å². The molecular weight excluding hydrogens is 334 g/mol. The van der Waals surface area contributed by atoms with Crippen LogP contribution < -0.4 is 0 Å². The zero-order chi connectivity index (χ0) is 17.7. The smallest absolute Gasteiger partial charge is 0.326 e. The average Bonchev–Trinajstić information content (AvgIpc) is 3.02. The summed E-state index contributed by atoms with van der Waals surface area (Å²) in [5, 5.41) is 13.4. The van der Waals surface area contributed by atoms with Crippen LogP contribution in [0.2, 0.25) is 5.02 Å². The number of aliphatic carboxylic acids is 1. The Balaban J connectivity index is 1.86. The molecule has 1 N–H and O–H groups in total. The SMILES string of the molecule is CC(C(=O)O)N(C)C(=O)CCCc1nc(-c2ccc(Cl)cc2)no1. The first-order valence-corrected chi connectivity index (χ1v) is 7.83. The molecule has 1 unspecified atom stereocenters. The Hall–Kier alpha value is -2.41. The van der Waals surface area contributed by atoms with E-state index in [1.165, 1.54) is 18.9 Å². The van der Waals surface area contributed by atoms with E-state index in [1.54, 1.807) is 24.3 Å². The molecule has 2 aromatic rings. The molecule has 128 valence electrons. The highest BCUT2D eigenvalue weighted by Crippen LogP contribution is 2.19. The van der Waals surface area contributed by atoms with Crippen LogP contribution in [0.15, 0.2) is 28.8 Å². The van der Waals surface area contributed by atoms with Crippen molar-refractivity contribution < 1.29 is 19.2 Å². The summed E-state index contributed by atoms with van der Waals surface area (Å²) in [5.74, 6) is -0.371. The number of carbonyl (C=O) groups is 2. The van der Waals surface area contributed by atoms with Crippen molar-refractivity contribution in [1.29, 1.82) is 0 Å². The first kappa shape index (κ1) is 17.9. The summed E-state index contributed by atoms with van der Waals surface area (Å²) in [5.41, 5.74) is 0.792. The molecule has 7 nitrogen and oxygen atoms in total. The van der Waals surface area contributed by atoms with Crippen molar-refractivity contribution in [2.24, 2.45) is 0 Å². The van der Waals surface area contributed by atoms with E-state index < -0.39 is 12.0 Å². The average molecular weight is 352 g/mol. The van der Waals surface area contributed by atoms with E-state index >= 15 is 0 Å². The molecule has 0 spiro atoms. The van der Waals surface area contributed by atoms with E-state index in [4.69, 9.17) is 21.2 Å². The third kappa shape index (κ3) is 4.55. The lowest BCUT2D eigenvalue weighted by Gasteiger charge is -2.21. The topological polar surface area (TPSA) is 96.5 Å². The summed E-state index contributed by atoms with van der Waals surface area (Å²) in [4.78, 5) is 28.3. The number of hydrogen-bond acceptors (Lipinski definition) is 5. The molecule has 0 fully saturated rings. The minimum absolute atomic E-state index is 0.215. The van der Waals surface area contributed by atoms with Gasteiger partial charge in [0.1, 0.15) is 6.04 Å². The van der Waals surface area contributed by atoms with Gasteiger partial charge in [-0.2, -0.15) is 4.98 Å². The Kier molecular flexibility index (Phi) is 5.92. The number of aryl methyl sites for hydroxylation is 1. The van der Waals surface area contributed by atoms with Gasteiger partial charge >= 0.3 is 5.97 Å². The molecule has 24 heavy (non-hydrogen) atoms. The van der Waals surface area contributed by atoms with E-state index in [0.717, 1.165) is 5.56 Å². The standard InChI is InChI=1S/C16H18ClN3O4/c1-10(16(22)23)20(2)14(21)5-3-4-13-18-15(19-24-13)11-6-8-12(17)9-7-11/h6-10H,3-5H2,1-2H3,(H,22,23). The number of nitrogens with zero attached hydrogens (tertiary/aromatic N) is 3. The predicted molar refractivity (Wildman–Crippen MR) is 87.5 cm³/mol. The number of carboxylic acid groups (broad SMARTS) is 1. The predicted octanol–water partition coefficient (Wildman–Crippen LogP) is 2.64. The van der Waals surface area contributed by atoms with E-state index in [0.29, 0.717) is 29.6 Å². The van der Waals surface area contributed by atoms with Gasteiger partial charge in [-0.25, -0.2) is 4.79 Å². The number of likely N-dealkylation sites (N-methyl/N-ethyl adjacent to an activating group) is 1. The second kappa shape index (κ2) is 7.92. The van der Waals surface area contributed by atoms with Crippen molar-refractivity contribution in [1.82, 2.24) is 15.0 Å². The number of carboxylic acids is 1. The Bertz CT molecular complexity index is 714. The van der Waals surface area contributed by atoms with Crippen LogP contribution in [-0.4, -0.2) is 45.1 Å². The fourth-order valence-electron chi connectivity index (χ4n) is 2.02. The lowest BCUT2D eigenvalue weighted by Crippen LogP contribution is -2.40. The number of hydrogen-bond donors (Lipinski definition) is 1. The van der Waals surface area contributed by atoms with Gasteiger partial charge in [0.15, 0.2) is 0 Å². The number of amides is 1. The maximum absolute atomic E-state index is 11.9. The van der Waals surface area contributed by atoms with E-state index in [-0.39, 0.29) is 12.3 Å². The Morgan fingerprint density at radius 1 is 1.33 bits per heavy atom. The van der Waals surface area contributed by atoms with Crippen molar-refractivity contribution in [2.45, 2.75) is 32.2 Å². The summed E-state index contributed by atoms with van der Waals surface area (Å²) >= 11 is 5.83. The van der Waals surface area contributed by atoms with Gasteiger partial charge in [0.05, 0.1) is 0 Å². The third-order valence-electron chi connectivity index (χ3n) is 3.68. The van der Waals surface area contributed by atoms with Gasteiger partial charge in [-0.3, -0.25) is 4.79 Å². The van der Waals surface area contributed by atoms with Crippen molar-refractivity contribution in [2.75, 3.05) is 7.05 Å². The van der Waals surface area contributed by atoms with Crippen LogP contribution in [0, 0.1) is 0 Å². The highest BCUT2D eigenvalue weighted by molar-refractivity contribution is 6.30. The molecule has 0 bridgehead atoms. The van der Waals surface area contributed by atoms with Crippen LogP contribution >= 0.6 is 11.6 Å². The molecule has 1 atom stereocenters. The summed E-state index contributed by atoms with van der Waals surface area (Å²) in [6, 6.07) is 6.22. The monoisotopic (exact) mass is 351 g/mol. The molecule has 1 aromatic heterocycles. The van der Waals surface area contributed by atoms with Crippen LogP contribution in [0.3, 0.4) is 0 Å². The second-order valence-corrected chi connectivity index (χ2v) is 5.83. The molecule has 0 saturated carbocycles. The van der Waals surface area contributed by atoms with Gasteiger partial charge in [0, 0.05) is 30.5 Å². The third-order valence-corrected chi connectivity index (χ3v) is 3.94. The maximum atomic E-state index is 11.9. The van der Waals surface area contributed by atoms with Crippen molar-refractivity contribution in [3.05, 3.63) is 35.2 Å². The molecule has 1 amide bonds. The fraction of sp³-hybridized carbons (Fsp3) is 0.375. The number of halogens is 1. The summed E-state index contributed by atoms with van der Waals surface area (Å²) < 4.78 is 5.16. The number of benzene rings is 1. The van der Waals surface area contributed by atoms with Crippen LogP contribution in [0.25, 0.3) is 11.4 Å². The molecule has 8 heteroatoms. The fourth-order valence-corrected chi connectivity index (χ4v) is 2.15. The summed E-state index contributed by atoms with van der Waals surface area (Å²) in [6.07, 6.45) is 1.16. The molecule has 0 radical (unpaired) electrons. The Morgan fingerprint density at radius 2 is 2.00 bits per heavy atom. The largest absolute Gasteiger partial charge is 0.480 e. The molecular formula is C16H18ClN3O4. The zero-order valence-corrected chi connectivity index (χ0v) is 14.2.